The van der Waals surface area contributed by atoms with E-state index in [1.165, 1.54) is 0 Å². The molecule has 0 radical (unpaired) electrons. The maximum atomic E-state index is 12.9. The number of benzene rings is 1. The number of amides is 1. The zero-order valence-corrected chi connectivity index (χ0v) is 19.0. The summed E-state index contributed by atoms with van der Waals surface area (Å²) in [7, 11) is 0. The van der Waals surface area contributed by atoms with E-state index < -0.39 is 5.97 Å². The van der Waals surface area contributed by atoms with Crippen LogP contribution in [0, 0.1) is 5.92 Å². The summed E-state index contributed by atoms with van der Waals surface area (Å²) in [5.74, 6) is 0.401. The Morgan fingerprint density at radius 3 is 2.56 bits per heavy atom. The molecule has 1 N–H and O–H groups in total. The summed E-state index contributed by atoms with van der Waals surface area (Å²) >= 11 is 0. The number of carbonyl (C=O) groups excluding carboxylic acids is 1. The average Bonchev–Trinajstić information content (AvgIpc) is 3.30. The molecule has 0 bridgehead atoms. The monoisotopic (exact) mass is 463 g/mol. The molecule has 3 heterocycles. The molecule has 4 rings (SSSR count). The number of likely N-dealkylation sites (tertiary alicyclic amines) is 1. The fraction of sp³-hybridized carbons (Fsp3) is 0.400. The summed E-state index contributed by atoms with van der Waals surface area (Å²) in [6.45, 7) is 2.37. The molecule has 0 atom stereocenters. The standard InChI is InChI=1S/C25H29N5O4/c31-24(32)5-3-13-30-17-22(27-28-30)16-19-10-14-29(15-11-19)25(33)20-6-8-23(9-7-20)34-18-21-4-1-2-12-26-21/h1-2,4,6-9,12,17,19H,3,5,10-11,13-16,18H2,(H,31,32). The molecule has 9 nitrogen and oxygen atoms in total. The molecule has 34 heavy (non-hydrogen) atoms. The van der Waals surface area contributed by atoms with Crippen LogP contribution >= 0.6 is 0 Å². The second-order valence-corrected chi connectivity index (χ2v) is 8.54. The number of nitrogens with zero attached hydrogens (tertiary/aromatic N) is 5. The number of aromatic nitrogens is 4. The molecular formula is C25H29N5O4. The van der Waals surface area contributed by atoms with E-state index in [-0.39, 0.29) is 12.3 Å². The summed E-state index contributed by atoms with van der Waals surface area (Å²) in [6, 6.07) is 13.0. The Labute approximate surface area is 198 Å². The summed E-state index contributed by atoms with van der Waals surface area (Å²) in [6.07, 6.45) is 6.96. The van der Waals surface area contributed by atoms with Gasteiger partial charge in [0, 0.05) is 44.0 Å². The van der Waals surface area contributed by atoms with E-state index in [0.29, 0.717) is 49.9 Å². The Hall–Kier alpha value is -3.75. The molecule has 0 unspecified atom stereocenters. The number of rotatable bonds is 10. The number of carbonyl (C=O) groups is 2. The lowest BCUT2D eigenvalue weighted by Crippen LogP contribution is -2.38. The first-order chi connectivity index (χ1) is 16.6. The molecule has 0 aliphatic carbocycles. The lowest BCUT2D eigenvalue weighted by atomic mass is 9.92. The van der Waals surface area contributed by atoms with Gasteiger partial charge < -0.3 is 14.7 Å². The van der Waals surface area contributed by atoms with Crippen LogP contribution in [0.15, 0.2) is 54.9 Å². The highest BCUT2D eigenvalue weighted by atomic mass is 16.5. The molecule has 1 aliphatic rings. The Balaban J connectivity index is 1.21. The van der Waals surface area contributed by atoms with Gasteiger partial charge in [0.1, 0.15) is 12.4 Å². The van der Waals surface area contributed by atoms with Gasteiger partial charge in [-0.2, -0.15) is 0 Å². The van der Waals surface area contributed by atoms with Gasteiger partial charge in [-0.05, 0) is 68.0 Å². The molecule has 1 aliphatic heterocycles. The Bertz CT molecular complexity index is 1080. The van der Waals surface area contributed by atoms with Gasteiger partial charge in [0.2, 0.25) is 0 Å². The van der Waals surface area contributed by atoms with Crippen LogP contribution in [0.25, 0.3) is 0 Å². The number of hydrogen-bond acceptors (Lipinski definition) is 6. The lowest BCUT2D eigenvalue weighted by molar-refractivity contribution is -0.137. The van der Waals surface area contributed by atoms with Gasteiger partial charge in [-0.1, -0.05) is 11.3 Å². The van der Waals surface area contributed by atoms with Gasteiger partial charge in [0.15, 0.2) is 0 Å². The quantitative estimate of drug-likeness (QED) is 0.491. The fourth-order valence-electron chi connectivity index (χ4n) is 4.09. The minimum Gasteiger partial charge on any atom is -0.487 e. The van der Waals surface area contributed by atoms with Crippen LogP contribution < -0.4 is 4.74 Å². The molecule has 1 fully saturated rings. The Morgan fingerprint density at radius 2 is 1.85 bits per heavy atom. The zero-order chi connectivity index (χ0) is 23.8. The molecule has 178 valence electrons. The van der Waals surface area contributed by atoms with Crippen LogP contribution in [-0.4, -0.2) is 55.0 Å². The summed E-state index contributed by atoms with van der Waals surface area (Å²) in [4.78, 5) is 29.7. The molecule has 9 heteroatoms. The van der Waals surface area contributed by atoms with Crippen molar-refractivity contribution in [3.63, 3.8) is 0 Å². The molecular weight excluding hydrogens is 434 g/mol. The van der Waals surface area contributed by atoms with E-state index in [9.17, 15) is 9.59 Å². The van der Waals surface area contributed by atoms with Crippen LogP contribution in [0.5, 0.6) is 5.75 Å². The highest BCUT2D eigenvalue weighted by Crippen LogP contribution is 2.23. The summed E-state index contributed by atoms with van der Waals surface area (Å²) in [5.41, 5.74) is 2.43. The number of ether oxygens (including phenoxy) is 1. The third kappa shape index (κ3) is 6.63. The van der Waals surface area contributed by atoms with Crippen molar-refractivity contribution in [1.82, 2.24) is 24.9 Å². The normalized spacial score (nSPS) is 14.2. The fourth-order valence-corrected chi connectivity index (χ4v) is 4.09. The van der Waals surface area contributed by atoms with Crippen molar-refractivity contribution in [2.24, 2.45) is 5.92 Å². The largest absolute Gasteiger partial charge is 0.487 e. The number of aliphatic carboxylic acids is 1. The van der Waals surface area contributed by atoms with Gasteiger partial charge in [-0.3, -0.25) is 19.3 Å². The van der Waals surface area contributed by atoms with Gasteiger partial charge >= 0.3 is 5.97 Å². The Morgan fingerprint density at radius 1 is 1.06 bits per heavy atom. The number of carboxylic acids is 1. The van der Waals surface area contributed by atoms with Gasteiger partial charge in [0.05, 0.1) is 11.4 Å². The van der Waals surface area contributed by atoms with Gasteiger partial charge in [0.25, 0.3) is 5.91 Å². The molecule has 1 amide bonds. The van der Waals surface area contributed by atoms with Crippen LogP contribution in [0.4, 0.5) is 0 Å². The van der Waals surface area contributed by atoms with E-state index in [0.717, 1.165) is 30.7 Å². The third-order valence-electron chi connectivity index (χ3n) is 5.98. The number of piperidine rings is 1. The minimum atomic E-state index is -0.800. The van der Waals surface area contributed by atoms with E-state index in [2.05, 4.69) is 15.3 Å². The summed E-state index contributed by atoms with van der Waals surface area (Å²) < 4.78 is 7.46. The highest BCUT2D eigenvalue weighted by molar-refractivity contribution is 5.94. The molecule has 1 saturated heterocycles. The molecule has 0 spiro atoms. The SMILES string of the molecule is O=C(O)CCCn1cc(CC2CCN(C(=O)c3ccc(OCc4ccccn4)cc3)CC2)nn1. The number of aryl methyl sites for hydroxylation is 1. The topological polar surface area (TPSA) is 110 Å². The van der Waals surface area contributed by atoms with E-state index >= 15 is 0 Å². The Kier molecular flexibility index (Phi) is 7.85. The number of pyridine rings is 1. The van der Waals surface area contributed by atoms with Crippen molar-refractivity contribution in [3.05, 3.63) is 71.8 Å². The van der Waals surface area contributed by atoms with Crippen molar-refractivity contribution < 1.29 is 19.4 Å². The first kappa shape index (κ1) is 23.4. The second-order valence-electron chi connectivity index (χ2n) is 8.54. The number of hydrogen-bond donors (Lipinski definition) is 1. The molecule has 1 aromatic carbocycles. The van der Waals surface area contributed by atoms with Crippen LogP contribution in [0.2, 0.25) is 0 Å². The molecule has 3 aromatic rings. The van der Waals surface area contributed by atoms with Crippen molar-refractivity contribution in [1.29, 1.82) is 0 Å². The first-order valence-electron chi connectivity index (χ1n) is 11.6. The zero-order valence-electron chi connectivity index (χ0n) is 19.0. The van der Waals surface area contributed by atoms with Crippen molar-refractivity contribution in [3.8, 4) is 5.75 Å². The predicted molar refractivity (Wildman–Crippen MR) is 124 cm³/mol. The average molecular weight is 464 g/mol. The van der Waals surface area contributed by atoms with E-state index in [1.807, 2.05) is 53.6 Å². The van der Waals surface area contributed by atoms with E-state index in [1.54, 1.807) is 10.9 Å². The van der Waals surface area contributed by atoms with Crippen LogP contribution in [-0.2, 0) is 24.4 Å². The van der Waals surface area contributed by atoms with Crippen LogP contribution in [0.3, 0.4) is 0 Å². The molecule has 2 aromatic heterocycles. The van der Waals surface area contributed by atoms with Crippen LogP contribution in [0.1, 0.15) is 47.4 Å². The maximum Gasteiger partial charge on any atom is 0.303 e. The van der Waals surface area contributed by atoms with Crippen molar-refractivity contribution in [2.45, 2.75) is 45.3 Å². The van der Waals surface area contributed by atoms with Crippen molar-refractivity contribution in [2.75, 3.05) is 13.1 Å². The maximum absolute atomic E-state index is 12.9. The second kappa shape index (κ2) is 11.4. The third-order valence-corrected chi connectivity index (χ3v) is 5.98. The minimum absolute atomic E-state index is 0.0408. The van der Waals surface area contributed by atoms with Gasteiger partial charge in [-0.15, -0.1) is 5.10 Å². The predicted octanol–water partition coefficient (Wildman–Crippen LogP) is 3.21. The molecule has 0 saturated carbocycles. The first-order valence-corrected chi connectivity index (χ1v) is 11.6. The highest BCUT2D eigenvalue weighted by Gasteiger charge is 2.24. The van der Waals surface area contributed by atoms with E-state index in [4.69, 9.17) is 9.84 Å². The number of carboxylic acid groups (broad SMARTS) is 1. The lowest BCUT2D eigenvalue weighted by Gasteiger charge is -2.31. The van der Waals surface area contributed by atoms with Crippen molar-refractivity contribution >= 4 is 11.9 Å². The van der Waals surface area contributed by atoms with Gasteiger partial charge in [-0.25, -0.2) is 0 Å². The summed E-state index contributed by atoms with van der Waals surface area (Å²) in [5, 5.41) is 17.1. The smallest absolute Gasteiger partial charge is 0.303 e.